The lowest BCUT2D eigenvalue weighted by molar-refractivity contribution is 0.393. The lowest BCUT2D eigenvalue weighted by Gasteiger charge is -2.22. The molecule has 0 radical (unpaired) electrons. The van der Waals surface area contributed by atoms with Gasteiger partial charge in [0.1, 0.15) is 0 Å². The molecule has 0 fully saturated rings. The molecule has 0 aliphatic heterocycles. The van der Waals surface area contributed by atoms with Crippen molar-refractivity contribution in [1.29, 1.82) is 5.26 Å². The maximum absolute atomic E-state index is 12.3. The van der Waals surface area contributed by atoms with Crippen molar-refractivity contribution in [1.82, 2.24) is 4.31 Å². The molecule has 18 heavy (non-hydrogen) atoms. The average molecular weight is 332 g/mol. The van der Waals surface area contributed by atoms with Gasteiger partial charge in [-0.15, -0.1) is 0 Å². The molecule has 1 rings (SSSR count). The normalized spacial score (nSPS) is 13.3. The molecule has 0 heterocycles. The van der Waals surface area contributed by atoms with E-state index in [2.05, 4.69) is 15.9 Å². The molecule has 1 aromatic carbocycles. The molecule has 0 aliphatic carbocycles. The Morgan fingerprint density at radius 2 is 2.17 bits per heavy atom. The number of halogens is 1. The van der Waals surface area contributed by atoms with E-state index >= 15 is 0 Å². The van der Waals surface area contributed by atoms with E-state index in [4.69, 9.17) is 11.0 Å². The molecule has 0 spiro atoms. The zero-order chi connectivity index (χ0) is 13.9. The SMILES string of the molecule is CC(CC#N)N(C)S(=O)(=O)c1ccc(Br)c(N)c1. The van der Waals surface area contributed by atoms with E-state index in [1.165, 1.54) is 23.5 Å². The van der Waals surface area contributed by atoms with Crippen LogP contribution in [-0.4, -0.2) is 25.8 Å². The molecule has 1 unspecified atom stereocenters. The van der Waals surface area contributed by atoms with Crippen molar-refractivity contribution in [3.63, 3.8) is 0 Å². The Bertz CT molecular complexity index is 580. The lowest BCUT2D eigenvalue weighted by atomic mass is 10.3. The summed E-state index contributed by atoms with van der Waals surface area (Å²) in [7, 11) is -2.16. The Hall–Kier alpha value is -1.10. The van der Waals surface area contributed by atoms with Crippen LogP contribution in [0, 0.1) is 11.3 Å². The first-order chi connectivity index (χ1) is 8.30. The van der Waals surface area contributed by atoms with E-state index in [9.17, 15) is 8.42 Å². The second-order valence-electron chi connectivity index (χ2n) is 3.92. The molecule has 0 saturated carbocycles. The van der Waals surface area contributed by atoms with Gasteiger partial charge in [0.05, 0.1) is 17.4 Å². The average Bonchev–Trinajstić information content (AvgIpc) is 2.31. The van der Waals surface area contributed by atoms with Crippen LogP contribution < -0.4 is 5.73 Å². The van der Waals surface area contributed by atoms with Gasteiger partial charge in [-0.3, -0.25) is 0 Å². The Balaban J connectivity index is 3.14. The molecular formula is C11H14BrN3O2S. The lowest BCUT2D eigenvalue weighted by Crippen LogP contribution is -2.34. The summed E-state index contributed by atoms with van der Waals surface area (Å²) >= 11 is 3.21. The molecule has 1 aromatic rings. The zero-order valence-corrected chi connectivity index (χ0v) is 12.5. The highest BCUT2D eigenvalue weighted by Crippen LogP contribution is 2.25. The largest absolute Gasteiger partial charge is 0.398 e. The third-order valence-corrected chi connectivity index (χ3v) is 5.34. The van der Waals surface area contributed by atoms with Crippen LogP contribution in [0.3, 0.4) is 0 Å². The molecular weight excluding hydrogens is 318 g/mol. The molecule has 0 bridgehead atoms. The zero-order valence-electron chi connectivity index (χ0n) is 10.1. The topological polar surface area (TPSA) is 87.2 Å². The smallest absolute Gasteiger partial charge is 0.243 e. The fraction of sp³-hybridized carbons (Fsp3) is 0.364. The van der Waals surface area contributed by atoms with Crippen LogP contribution in [-0.2, 0) is 10.0 Å². The van der Waals surface area contributed by atoms with Gasteiger partial charge in [-0.25, -0.2) is 8.42 Å². The monoisotopic (exact) mass is 331 g/mol. The van der Waals surface area contributed by atoms with Crippen LogP contribution in [0.5, 0.6) is 0 Å². The van der Waals surface area contributed by atoms with E-state index < -0.39 is 10.0 Å². The number of nitrogens with two attached hydrogens (primary N) is 1. The predicted molar refractivity (Wildman–Crippen MR) is 73.2 cm³/mol. The van der Waals surface area contributed by atoms with Crippen molar-refractivity contribution >= 4 is 31.6 Å². The van der Waals surface area contributed by atoms with Gasteiger partial charge in [-0.05, 0) is 41.1 Å². The van der Waals surface area contributed by atoms with Gasteiger partial charge in [0.15, 0.2) is 0 Å². The molecule has 0 saturated heterocycles. The van der Waals surface area contributed by atoms with E-state index in [0.29, 0.717) is 10.2 Å². The van der Waals surface area contributed by atoms with Crippen LogP contribution in [0.4, 0.5) is 5.69 Å². The van der Waals surface area contributed by atoms with E-state index in [0.717, 1.165) is 0 Å². The quantitative estimate of drug-likeness (QED) is 0.854. The van der Waals surface area contributed by atoms with Crippen LogP contribution in [0.15, 0.2) is 27.6 Å². The number of nitrogen functional groups attached to an aromatic ring is 1. The number of nitriles is 1. The van der Waals surface area contributed by atoms with Crippen LogP contribution in [0.2, 0.25) is 0 Å². The van der Waals surface area contributed by atoms with Gasteiger partial charge in [0.2, 0.25) is 10.0 Å². The highest BCUT2D eigenvalue weighted by molar-refractivity contribution is 9.10. The number of hydrogen-bond donors (Lipinski definition) is 1. The fourth-order valence-electron chi connectivity index (χ4n) is 1.35. The third kappa shape index (κ3) is 3.02. The number of rotatable bonds is 4. The molecule has 7 heteroatoms. The molecule has 98 valence electrons. The molecule has 0 aliphatic rings. The Kier molecular flexibility index (Phi) is 4.73. The summed E-state index contributed by atoms with van der Waals surface area (Å²) in [6.07, 6.45) is 0.141. The summed E-state index contributed by atoms with van der Waals surface area (Å²) in [4.78, 5) is 0.121. The number of hydrogen-bond acceptors (Lipinski definition) is 4. The van der Waals surface area contributed by atoms with Crippen molar-refractivity contribution in [3.8, 4) is 6.07 Å². The molecule has 2 N–H and O–H groups in total. The first-order valence-corrected chi connectivity index (χ1v) is 7.44. The second-order valence-corrected chi connectivity index (χ2v) is 6.77. The van der Waals surface area contributed by atoms with Gasteiger partial charge in [-0.1, -0.05) is 0 Å². The first kappa shape index (κ1) is 15.0. The van der Waals surface area contributed by atoms with Crippen LogP contribution in [0.1, 0.15) is 13.3 Å². The molecule has 1 atom stereocenters. The van der Waals surface area contributed by atoms with E-state index in [1.807, 2.05) is 6.07 Å². The van der Waals surface area contributed by atoms with Gasteiger partial charge >= 0.3 is 0 Å². The van der Waals surface area contributed by atoms with Gasteiger partial charge in [0.25, 0.3) is 0 Å². The van der Waals surface area contributed by atoms with E-state index in [1.54, 1.807) is 13.0 Å². The summed E-state index contributed by atoms with van der Waals surface area (Å²) in [6.45, 7) is 1.68. The van der Waals surface area contributed by atoms with Crippen molar-refractivity contribution in [2.45, 2.75) is 24.3 Å². The predicted octanol–water partition coefficient (Wildman–Crippen LogP) is 1.95. The van der Waals surface area contributed by atoms with Gasteiger partial charge in [-0.2, -0.15) is 9.57 Å². The van der Waals surface area contributed by atoms with Crippen molar-refractivity contribution in [2.75, 3.05) is 12.8 Å². The van der Waals surface area contributed by atoms with Crippen molar-refractivity contribution in [3.05, 3.63) is 22.7 Å². The molecule has 5 nitrogen and oxygen atoms in total. The summed E-state index contributed by atoms with van der Waals surface area (Å²) in [5.74, 6) is 0. The maximum atomic E-state index is 12.3. The molecule has 0 aromatic heterocycles. The highest BCUT2D eigenvalue weighted by atomic mass is 79.9. The van der Waals surface area contributed by atoms with Crippen LogP contribution >= 0.6 is 15.9 Å². The van der Waals surface area contributed by atoms with Crippen molar-refractivity contribution in [2.24, 2.45) is 0 Å². The summed E-state index contributed by atoms with van der Waals surface area (Å²) in [6, 6.07) is 6.03. The van der Waals surface area contributed by atoms with Crippen LogP contribution in [0.25, 0.3) is 0 Å². The van der Waals surface area contributed by atoms with E-state index in [-0.39, 0.29) is 17.4 Å². The highest BCUT2D eigenvalue weighted by Gasteiger charge is 2.25. The minimum absolute atomic E-state index is 0.121. The van der Waals surface area contributed by atoms with Gasteiger partial charge < -0.3 is 5.73 Å². The number of nitrogens with zero attached hydrogens (tertiary/aromatic N) is 2. The Labute approximate surface area is 115 Å². The number of anilines is 1. The second kappa shape index (κ2) is 5.69. The summed E-state index contributed by atoms with van der Waals surface area (Å²) in [5.41, 5.74) is 6.03. The van der Waals surface area contributed by atoms with Crippen molar-refractivity contribution < 1.29 is 8.42 Å². The van der Waals surface area contributed by atoms with Gasteiger partial charge in [0, 0.05) is 23.2 Å². The first-order valence-electron chi connectivity index (χ1n) is 5.20. The molecule has 0 amide bonds. The Morgan fingerprint density at radius 1 is 1.56 bits per heavy atom. The summed E-state index contributed by atoms with van der Waals surface area (Å²) < 4.78 is 26.3. The standard InChI is InChI=1S/C11H14BrN3O2S/c1-8(5-6-13)15(2)18(16,17)9-3-4-10(12)11(14)7-9/h3-4,7-8H,5,14H2,1-2H3. The maximum Gasteiger partial charge on any atom is 0.243 e. The minimum Gasteiger partial charge on any atom is -0.398 e. The summed E-state index contributed by atoms with van der Waals surface area (Å²) in [5, 5.41) is 8.60. The minimum atomic E-state index is -3.62. The Morgan fingerprint density at radius 3 is 2.67 bits per heavy atom. The third-order valence-electron chi connectivity index (χ3n) is 2.65. The number of sulfonamides is 1. The number of benzene rings is 1. The fourth-order valence-corrected chi connectivity index (χ4v) is 2.99.